The van der Waals surface area contributed by atoms with Crippen LogP contribution in [0.4, 0.5) is 11.4 Å². The first-order chi connectivity index (χ1) is 12.8. The average Bonchev–Trinajstić information content (AvgIpc) is 2.64. The van der Waals surface area contributed by atoms with E-state index in [0.29, 0.717) is 11.1 Å². The maximum atomic E-state index is 12.5. The SMILES string of the molecule is O=[N+]([O-])c1ccccc1-c1ccc(NS(=O)(=O)c2cc(Cl)ccc2Cl)cc1. The number of para-hydroxylation sites is 1. The Bertz CT molecular complexity index is 1120. The van der Waals surface area contributed by atoms with Gasteiger partial charge in [0.15, 0.2) is 0 Å². The summed E-state index contributed by atoms with van der Waals surface area (Å²) in [4.78, 5) is 10.6. The van der Waals surface area contributed by atoms with Crippen LogP contribution in [-0.2, 0) is 10.0 Å². The number of benzene rings is 3. The van der Waals surface area contributed by atoms with Crippen LogP contribution < -0.4 is 4.72 Å². The van der Waals surface area contributed by atoms with Gasteiger partial charge in [0.1, 0.15) is 4.90 Å². The fourth-order valence-corrected chi connectivity index (χ4v) is 4.31. The number of nitrogens with zero attached hydrogens (tertiary/aromatic N) is 1. The number of hydrogen-bond donors (Lipinski definition) is 1. The molecule has 1 N–H and O–H groups in total. The summed E-state index contributed by atoms with van der Waals surface area (Å²) in [7, 11) is -3.94. The van der Waals surface area contributed by atoms with Crippen molar-refractivity contribution in [3.05, 3.63) is 86.9 Å². The molecule has 0 saturated carbocycles. The Morgan fingerprint density at radius 3 is 2.26 bits per heavy atom. The second-order valence-corrected chi connectivity index (χ2v) is 8.03. The number of halogens is 2. The van der Waals surface area contributed by atoms with Gasteiger partial charge in [-0.15, -0.1) is 0 Å². The van der Waals surface area contributed by atoms with Crippen molar-refractivity contribution < 1.29 is 13.3 Å². The summed E-state index contributed by atoms with van der Waals surface area (Å²) in [6.45, 7) is 0. The van der Waals surface area contributed by atoms with Crippen molar-refractivity contribution in [2.24, 2.45) is 0 Å². The standard InChI is InChI=1S/C18H12Cl2N2O4S/c19-13-7-10-16(20)18(11-13)27(25,26)21-14-8-5-12(6-9-14)15-3-1-2-4-17(15)22(23)24/h1-11,21H. The van der Waals surface area contributed by atoms with Gasteiger partial charge < -0.3 is 0 Å². The van der Waals surface area contributed by atoms with E-state index in [9.17, 15) is 18.5 Å². The first-order valence-electron chi connectivity index (χ1n) is 7.60. The van der Waals surface area contributed by atoms with Gasteiger partial charge in [-0.3, -0.25) is 14.8 Å². The van der Waals surface area contributed by atoms with Crippen LogP contribution in [0.15, 0.2) is 71.6 Å². The third-order valence-electron chi connectivity index (χ3n) is 3.73. The van der Waals surface area contributed by atoms with Gasteiger partial charge in [-0.1, -0.05) is 47.5 Å². The number of nitro benzene ring substituents is 1. The van der Waals surface area contributed by atoms with E-state index in [0.717, 1.165) is 0 Å². The van der Waals surface area contributed by atoms with Gasteiger partial charge >= 0.3 is 0 Å². The van der Waals surface area contributed by atoms with Gasteiger partial charge in [-0.05, 0) is 42.0 Å². The molecule has 6 nitrogen and oxygen atoms in total. The zero-order valence-electron chi connectivity index (χ0n) is 13.6. The van der Waals surface area contributed by atoms with Crippen LogP contribution in [0, 0.1) is 10.1 Å². The molecule has 0 radical (unpaired) electrons. The molecule has 0 saturated heterocycles. The van der Waals surface area contributed by atoms with E-state index >= 15 is 0 Å². The van der Waals surface area contributed by atoms with Gasteiger partial charge in [0, 0.05) is 16.8 Å². The maximum Gasteiger partial charge on any atom is 0.277 e. The minimum Gasteiger partial charge on any atom is -0.280 e. The quantitative estimate of drug-likeness (QED) is 0.441. The molecule has 0 heterocycles. The summed E-state index contributed by atoms with van der Waals surface area (Å²) in [5.74, 6) is 0. The van der Waals surface area contributed by atoms with E-state index < -0.39 is 14.9 Å². The van der Waals surface area contributed by atoms with Crippen LogP contribution in [-0.4, -0.2) is 13.3 Å². The number of nitro groups is 1. The van der Waals surface area contributed by atoms with E-state index in [4.69, 9.17) is 23.2 Å². The van der Waals surface area contributed by atoms with Crippen molar-refractivity contribution in [1.29, 1.82) is 0 Å². The number of sulfonamides is 1. The highest BCUT2D eigenvalue weighted by molar-refractivity contribution is 7.92. The lowest BCUT2D eigenvalue weighted by atomic mass is 10.0. The molecule has 27 heavy (non-hydrogen) atoms. The summed E-state index contributed by atoms with van der Waals surface area (Å²) < 4.78 is 27.5. The molecule has 0 fully saturated rings. The molecule has 0 aliphatic rings. The Morgan fingerprint density at radius 2 is 1.59 bits per heavy atom. The van der Waals surface area contributed by atoms with Crippen LogP contribution in [0.2, 0.25) is 10.0 Å². The molecule has 0 unspecified atom stereocenters. The van der Waals surface area contributed by atoms with Gasteiger partial charge in [0.25, 0.3) is 15.7 Å². The van der Waals surface area contributed by atoms with E-state index in [1.54, 1.807) is 30.3 Å². The topological polar surface area (TPSA) is 89.3 Å². The highest BCUT2D eigenvalue weighted by atomic mass is 35.5. The zero-order chi connectivity index (χ0) is 19.6. The van der Waals surface area contributed by atoms with Crippen LogP contribution in [0.5, 0.6) is 0 Å². The fourth-order valence-electron chi connectivity index (χ4n) is 2.49. The van der Waals surface area contributed by atoms with Crippen molar-refractivity contribution >= 4 is 44.6 Å². The Labute approximate surface area is 165 Å². The van der Waals surface area contributed by atoms with Crippen molar-refractivity contribution in [1.82, 2.24) is 0 Å². The predicted molar refractivity (Wildman–Crippen MR) is 106 cm³/mol. The van der Waals surface area contributed by atoms with Crippen LogP contribution in [0.25, 0.3) is 11.1 Å². The van der Waals surface area contributed by atoms with E-state index in [-0.39, 0.29) is 26.3 Å². The number of hydrogen-bond acceptors (Lipinski definition) is 4. The largest absolute Gasteiger partial charge is 0.280 e. The van der Waals surface area contributed by atoms with Crippen molar-refractivity contribution in [3.8, 4) is 11.1 Å². The normalized spacial score (nSPS) is 11.2. The number of nitrogens with one attached hydrogen (secondary N) is 1. The Morgan fingerprint density at radius 1 is 0.926 bits per heavy atom. The summed E-state index contributed by atoms with van der Waals surface area (Å²) in [6.07, 6.45) is 0. The monoisotopic (exact) mass is 422 g/mol. The molecule has 3 rings (SSSR count). The lowest BCUT2D eigenvalue weighted by molar-refractivity contribution is -0.384. The minimum absolute atomic E-state index is 0.0310. The van der Waals surface area contributed by atoms with E-state index in [2.05, 4.69) is 4.72 Å². The average molecular weight is 423 g/mol. The summed E-state index contributed by atoms with van der Waals surface area (Å²) in [5, 5.41) is 11.4. The predicted octanol–water partition coefficient (Wildman–Crippen LogP) is 5.37. The molecular formula is C18H12Cl2N2O4S. The summed E-state index contributed by atoms with van der Waals surface area (Å²) >= 11 is 11.8. The molecule has 138 valence electrons. The van der Waals surface area contributed by atoms with E-state index in [1.807, 2.05) is 0 Å². The van der Waals surface area contributed by atoms with Gasteiger partial charge in [-0.2, -0.15) is 0 Å². The fraction of sp³-hybridized carbons (Fsp3) is 0. The number of rotatable bonds is 5. The minimum atomic E-state index is -3.94. The zero-order valence-corrected chi connectivity index (χ0v) is 15.9. The maximum absolute atomic E-state index is 12.5. The van der Waals surface area contributed by atoms with Gasteiger partial charge in [0.2, 0.25) is 0 Å². The Balaban J connectivity index is 1.91. The lowest BCUT2D eigenvalue weighted by Gasteiger charge is -2.11. The molecule has 3 aromatic rings. The highest BCUT2D eigenvalue weighted by Crippen LogP contribution is 2.31. The number of anilines is 1. The first kappa shape index (κ1) is 19.2. The van der Waals surface area contributed by atoms with Crippen LogP contribution in [0.1, 0.15) is 0 Å². The third-order valence-corrected chi connectivity index (χ3v) is 5.83. The second-order valence-electron chi connectivity index (χ2n) is 5.53. The molecule has 9 heteroatoms. The molecule has 0 spiro atoms. The van der Waals surface area contributed by atoms with Crippen LogP contribution >= 0.6 is 23.2 Å². The molecule has 0 aliphatic heterocycles. The Kier molecular flexibility index (Phi) is 5.36. The molecule has 3 aromatic carbocycles. The van der Waals surface area contributed by atoms with E-state index in [1.165, 1.54) is 36.4 Å². The summed E-state index contributed by atoms with van der Waals surface area (Å²) in [6, 6.07) is 16.7. The smallest absolute Gasteiger partial charge is 0.277 e. The van der Waals surface area contributed by atoms with Gasteiger partial charge in [0.05, 0.1) is 15.5 Å². The molecule has 0 aromatic heterocycles. The molecular weight excluding hydrogens is 411 g/mol. The Hall–Kier alpha value is -2.61. The van der Waals surface area contributed by atoms with Crippen molar-refractivity contribution in [2.45, 2.75) is 4.90 Å². The molecule has 0 atom stereocenters. The van der Waals surface area contributed by atoms with Crippen molar-refractivity contribution in [2.75, 3.05) is 4.72 Å². The highest BCUT2D eigenvalue weighted by Gasteiger charge is 2.19. The molecule has 0 amide bonds. The lowest BCUT2D eigenvalue weighted by Crippen LogP contribution is -2.13. The summed E-state index contributed by atoms with van der Waals surface area (Å²) in [5.41, 5.74) is 1.28. The van der Waals surface area contributed by atoms with Crippen molar-refractivity contribution in [3.63, 3.8) is 0 Å². The first-order valence-corrected chi connectivity index (χ1v) is 9.83. The van der Waals surface area contributed by atoms with Crippen LogP contribution in [0.3, 0.4) is 0 Å². The van der Waals surface area contributed by atoms with Gasteiger partial charge in [-0.25, -0.2) is 8.42 Å². The second kappa shape index (κ2) is 7.56. The third kappa shape index (κ3) is 4.21. The molecule has 0 aliphatic carbocycles. The molecule has 0 bridgehead atoms.